The van der Waals surface area contributed by atoms with Crippen molar-refractivity contribution in [3.8, 4) is 17.3 Å². The standard InChI is InChI=1S/C21H16ClN5O3S/c1-13-2-4-17(5-3-13)31(28,29)27-19(15-9-25-26(10-15)16-11-30-12-16)6-18-20(22)14(7-23)8-24-21(18)27/h2-6,8-10,16H,11-12H2,1H3. The van der Waals surface area contributed by atoms with E-state index in [4.69, 9.17) is 16.3 Å². The fourth-order valence-electron chi connectivity index (χ4n) is 3.48. The van der Waals surface area contributed by atoms with Gasteiger partial charge in [-0.25, -0.2) is 17.4 Å². The first kappa shape index (κ1) is 19.8. The molecule has 1 saturated heterocycles. The van der Waals surface area contributed by atoms with E-state index in [0.29, 0.717) is 29.9 Å². The van der Waals surface area contributed by atoms with E-state index in [0.717, 1.165) is 5.56 Å². The molecule has 8 nitrogen and oxygen atoms in total. The van der Waals surface area contributed by atoms with Crippen LogP contribution in [-0.4, -0.2) is 40.4 Å². The van der Waals surface area contributed by atoms with Gasteiger partial charge in [0, 0.05) is 23.3 Å². The number of rotatable bonds is 4. The molecule has 1 aromatic carbocycles. The van der Waals surface area contributed by atoms with Gasteiger partial charge in [-0.15, -0.1) is 0 Å². The van der Waals surface area contributed by atoms with Gasteiger partial charge < -0.3 is 4.74 Å². The molecule has 0 radical (unpaired) electrons. The molecule has 0 atom stereocenters. The van der Waals surface area contributed by atoms with Gasteiger partial charge in [-0.05, 0) is 25.1 Å². The average molecular weight is 454 g/mol. The molecule has 31 heavy (non-hydrogen) atoms. The molecule has 0 N–H and O–H groups in total. The molecule has 0 aliphatic carbocycles. The van der Waals surface area contributed by atoms with Crippen LogP contribution in [0.3, 0.4) is 0 Å². The summed E-state index contributed by atoms with van der Waals surface area (Å²) in [6, 6.07) is 10.3. The monoisotopic (exact) mass is 453 g/mol. The lowest BCUT2D eigenvalue weighted by atomic mass is 10.2. The van der Waals surface area contributed by atoms with Crippen molar-refractivity contribution < 1.29 is 13.2 Å². The normalized spacial score (nSPS) is 14.5. The molecule has 4 heterocycles. The highest BCUT2D eigenvalue weighted by Gasteiger charge is 2.28. The molecule has 0 bridgehead atoms. The summed E-state index contributed by atoms with van der Waals surface area (Å²) in [6.07, 6.45) is 4.67. The predicted octanol–water partition coefficient (Wildman–Crippen LogP) is 3.54. The first-order valence-corrected chi connectivity index (χ1v) is 11.3. The van der Waals surface area contributed by atoms with Crippen LogP contribution in [0.2, 0.25) is 5.02 Å². The van der Waals surface area contributed by atoms with Gasteiger partial charge in [0.1, 0.15) is 6.07 Å². The number of nitrogens with zero attached hydrogens (tertiary/aromatic N) is 5. The zero-order valence-electron chi connectivity index (χ0n) is 16.4. The summed E-state index contributed by atoms with van der Waals surface area (Å²) in [5.74, 6) is 0. The number of nitriles is 1. The summed E-state index contributed by atoms with van der Waals surface area (Å²) in [5.41, 5.74) is 2.23. The zero-order valence-corrected chi connectivity index (χ0v) is 17.9. The Morgan fingerprint density at radius 3 is 2.61 bits per heavy atom. The number of fused-ring (bicyclic) bond motifs is 1. The Hall–Kier alpha value is -3.19. The SMILES string of the molecule is Cc1ccc(S(=O)(=O)n2c(-c3cnn(C4COC4)c3)cc3c(Cl)c(C#N)cnc32)cc1. The first-order valence-electron chi connectivity index (χ1n) is 9.44. The molecule has 5 rings (SSSR count). The van der Waals surface area contributed by atoms with Crippen LogP contribution in [0.15, 0.2) is 53.8 Å². The third-order valence-corrected chi connectivity index (χ3v) is 7.42. The van der Waals surface area contributed by atoms with Gasteiger partial charge in [-0.1, -0.05) is 29.3 Å². The van der Waals surface area contributed by atoms with E-state index >= 15 is 0 Å². The van der Waals surface area contributed by atoms with Crippen molar-refractivity contribution in [1.29, 1.82) is 5.26 Å². The number of aromatic nitrogens is 4. The van der Waals surface area contributed by atoms with Crippen molar-refractivity contribution in [1.82, 2.24) is 18.7 Å². The summed E-state index contributed by atoms with van der Waals surface area (Å²) in [5, 5.41) is 14.2. The molecule has 0 unspecified atom stereocenters. The van der Waals surface area contributed by atoms with E-state index in [2.05, 4.69) is 10.1 Å². The summed E-state index contributed by atoms with van der Waals surface area (Å²) in [4.78, 5) is 4.39. The maximum Gasteiger partial charge on any atom is 0.269 e. The van der Waals surface area contributed by atoms with Crippen molar-refractivity contribution >= 4 is 32.7 Å². The van der Waals surface area contributed by atoms with E-state index in [-0.39, 0.29) is 27.2 Å². The minimum absolute atomic E-state index is 0.118. The van der Waals surface area contributed by atoms with E-state index < -0.39 is 10.0 Å². The van der Waals surface area contributed by atoms with Gasteiger partial charge in [0.2, 0.25) is 0 Å². The summed E-state index contributed by atoms with van der Waals surface area (Å²) < 4.78 is 35.5. The number of ether oxygens (including phenoxy) is 1. The largest absolute Gasteiger partial charge is 0.377 e. The smallest absolute Gasteiger partial charge is 0.269 e. The van der Waals surface area contributed by atoms with Crippen LogP contribution in [0.25, 0.3) is 22.3 Å². The fraction of sp³-hybridized carbons (Fsp3) is 0.190. The van der Waals surface area contributed by atoms with Crippen LogP contribution in [0.1, 0.15) is 17.2 Å². The van der Waals surface area contributed by atoms with Crippen LogP contribution in [0.4, 0.5) is 0 Å². The van der Waals surface area contributed by atoms with Crippen molar-refractivity contribution in [3.63, 3.8) is 0 Å². The van der Waals surface area contributed by atoms with Crippen molar-refractivity contribution in [2.75, 3.05) is 13.2 Å². The highest BCUT2D eigenvalue weighted by molar-refractivity contribution is 7.90. The van der Waals surface area contributed by atoms with Gasteiger partial charge in [0.15, 0.2) is 5.65 Å². The second-order valence-corrected chi connectivity index (χ2v) is 9.51. The summed E-state index contributed by atoms with van der Waals surface area (Å²) in [6.45, 7) is 3.01. The Labute approximate surface area is 183 Å². The average Bonchev–Trinajstić information content (AvgIpc) is 3.33. The molecule has 1 aliphatic rings. The van der Waals surface area contributed by atoms with Gasteiger partial charge >= 0.3 is 0 Å². The van der Waals surface area contributed by atoms with Crippen molar-refractivity contribution in [2.45, 2.75) is 17.9 Å². The minimum Gasteiger partial charge on any atom is -0.377 e. The molecule has 1 fully saturated rings. The highest BCUT2D eigenvalue weighted by atomic mass is 35.5. The molecule has 0 amide bonds. The molecule has 1 aliphatic heterocycles. The van der Waals surface area contributed by atoms with E-state index in [1.165, 1.54) is 10.2 Å². The van der Waals surface area contributed by atoms with Gasteiger partial charge in [-0.3, -0.25) is 4.68 Å². The third-order valence-electron chi connectivity index (χ3n) is 5.29. The van der Waals surface area contributed by atoms with Crippen LogP contribution in [0, 0.1) is 18.3 Å². The first-order chi connectivity index (χ1) is 14.9. The van der Waals surface area contributed by atoms with E-state index in [9.17, 15) is 13.7 Å². The Morgan fingerprint density at radius 2 is 1.97 bits per heavy atom. The van der Waals surface area contributed by atoms with Gasteiger partial charge in [-0.2, -0.15) is 10.4 Å². The fourth-order valence-corrected chi connectivity index (χ4v) is 5.19. The molecule has 3 aromatic heterocycles. The van der Waals surface area contributed by atoms with Crippen LogP contribution >= 0.6 is 11.6 Å². The quantitative estimate of drug-likeness (QED) is 0.468. The lowest BCUT2D eigenvalue weighted by Crippen LogP contribution is -2.30. The molecule has 4 aromatic rings. The molecule has 10 heteroatoms. The van der Waals surface area contributed by atoms with E-state index in [1.54, 1.807) is 47.4 Å². The summed E-state index contributed by atoms with van der Waals surface area (Å²) in [7, 11) is -4.01. The lowest BCUT2D eigenvalue weighted by Gasteiger charge is -2.25. The lowest BCUT2D eigenvalue weighted by molar-refractivity contribution is -0.0286. The predicted molar refractivity (Wildman–Crippen MR) is 114 cm³/mol. The molecular weight excluding hydrogens is 438 g/mol. The highest BCUT2D eigenvalue weighted by Crippen LogP contribution is 2.36. The topological polar surface area (TPSA) is 103 Å². The minimum atomic E-state index is -4.01. The number of hydrogen-bond acceptors (Lipinski definition) is 6. The second-order valence-electron chi connectivity index (χ2n) is 7.35. The number of aryl methyl sites for hydroxylation is 1. The van der Waals surface area contributed by atoms with Crippen LogP contribution < -0.4 is 0 Å². The van der Waals surface area contributed by atoms with Crippen molar-refractivity contribution in [2.24, 2.45) is 0 Å². The van der Waals surface area contributed by atoms with Gasteiger partial charge in [0.25, 0.3) is 10.0 Å². The number of pyridine rings is 1. The molecule has 156 valence electrons. The molecule has 0 spiro atoms. The number of halogens is 1. The number of benzene rings is 1. The third kappa shape index (κ3) is 3.11. The Morgan fingerprint density at radius 1 is 1.23 bits per heavy atom. The van der Waals surface area contributed by atoms with Gasteiger partial charge in [0.05, 0.1) is 46.6 Å². The molecule has 0 saturated carbocycles. The molecular formula is C21H16ClN5O3S. The second kappa shape index (κ2) is 7.20. The maximum atomic E-state index is 13.7. The Kier molecular flexibility index (Phi) is 4.59. The number of hydrogen-bond donors (Lipinski definition) is 0. The van der Waals surface area contributed by atoms with Crippen molar-refractivity contribution in [3.05, 3.63) is 65.1 Å². The van der Waals surface area contributed by atoms with Crippen LogP contribution in [-0.2, 0) is 14.8 Å². The van der Waals surface area contributed by atoms with Crippen LogP contribution in [0.5, 0.6) is 0 Å². The Balaban J connectivity index is 1.78. The van der Waals surface area contributed by atoms with E-state index in [1.807, 2.05) is 13.0 Å². The maximum absolute atomic E-state index is 13.7. The Bertz CT molecular complexity index is 1460. The zero-order chi connectivity index (χ0) is 21.8. The summed E-state index contributed by atoms with van der Waals surface area (Å²) >= 11 is 6.41.